The Morgan fingerprint density at radius 3 is 2.23 bits per heavy atom. The minimum Gasteiger partial charge on any atom is -0.497 e. The molecule has 0 aliphatic carbocycles. The predicted molar refractivity (Wildman–Crippen MR) is 122 cm³/mol. The summed E-state index contributed by atoms with van der Waals surface area (Å²) in [5.74, 6) is 1.33. The number of amides is 2. The zero-order chi connectivity index (χ0) is 22.6. The summed E-state index contributed by atoms with van der Waals surface area (Å²) in [5.41, 5.74) is 1.14. The number of ether oxygens (including phenoxy) is 2. The number of rotatable bonds is 12. The zero-order valence-electron chi connectivity index (χ0n) is 19.0. The average molecular weight is 427 g/mol. The highest BCUT2D eigenvalue weighted by molar-refractivity contribution is 5.87. The van der Waals surface area contributed by atoms with Crippen molar-refractivity contribution < 1.29 is 19.1 Å². The maximum atomic E-state index is 13.0. The third kappa shape index (κ3) is 8.32. The summed E-state index contributed by atoms with van der Waals surface area (Å²) >= 11 is 0. The van der Waals surface area contributed by atoms with E-state index in [1.54, 1.807) is 18.9 Å². The number of methoxy groups -OCH3 is 1. The molecule has 0 heterocycles. The molecular formula is C25H34N2O4. The van der Waals surface area contributed by atoms with Crippen LogP contribution in [0.4, 0.5) is 0 Å². The SMILES string of the molecule is COc1ccc(OCCCC(=O)N(CCc2ccccc2)[C@@H](C)C(=O)NC(C)C)cc1. The second kappa shape index (κ2) is 12.6. The summed E-state index contributed by atoms with van der Waals surface area (Å²) in [6.45, 7) is 6.54. The Hall–Kier alpha value is -3.02. The van der Waals surface area contributed by atoms with Crippen LogP contribution in [0.1, 0.15) is 39.2 Å². The summed E-state index contributed by atoms with van der Waals surface area (Å²) < 4.78 is 10.9. The molecule has 0 fully saturated rings. The van der Waals surface area contributed by atoms with Gasteiger partial charge in [-0.05, 0) is 63.4 Å². The fourth-order valence-electron chi connectivity index (χ4n) is 3.20. The van der Waals surface area contributed by atoms with Gasteiger partial charge in [0.25, 0.3) is 0 Å². The smallest absolute Gasteiger partial charge is 0.242 e. The van der Waals surface area contributed by atoms with Crippen LogP contribution in [0.15, 0.2) is 54.6 Å². The van der Waals surface area contributed by atoms with E-state index in [0.717, 1.165) is 17.1 Å². The van der Waals surface area contributed by atoms with E-state index in [0.29, 0.717) is 32.4 Å². The van der Waals surface area contributed by atoms with Crippen LogP contribution in [0.2, 0.25) is 0 Å². The topological polar surface area (TPSA) is 67.9 Å². The number of nitrogens with zero attached hydrogens (tertiary/aromatic N) is 1. The van der Waals surface area contributed by atoms with Gasteiger partial charge in [0.2, 0.25) is 11.8 Å². The molecule has 6 nitrogen and oxygen atoms in total. The molecule has 0 aromatic heterocycles. The molecule has 2 aromatic rings. The Bertz CT molecular complexity index is 806. The van der Waals surface area contributed by atoms with Crippen molar-refractivity contribution in [2.75, 3.05) is 20.3 Å². The van der Waals surface area contributed by atoms with E-state index in [-0.39, 0.29) is 17.9 Å². The lowest BCUT2D eigenvalue weighted by Gasteiger charge is -2.29. The van der Waals surface area contributed by atoms with Crippen LogP contribution in [0.5, 0.6) is 11.5 Å². The van der Waals surface area contributed by atoms with Gasteiger partial charge in [-0.15, -0.1) is 0 Å². The van der Waals surface area contributed by atoms with E-state index in [9.17, 15) is 9.59 Å². The van der Waals surface area contributed by atoms with Crippen LogP contribution in [-0.2, 0) is 16.0 Å². The lowest BCUT2D eigenvalue weighted by molar-refractivity contribution is -0.140. The Morgan fingerprint density at radius 2 is 1.61 bits per heavy atom. The third-order valence-corrected chi connectivity index (χ3v) is 4.95. The van der Waals surface area contributed by atoms with Gasteiger partial charge in [-0.25, -0.2) is 0 Å². The molecule has 168 valence electrons. The van der Waals surface area contributed by atoms with Crippen molar-refractivity contribution in [3.63, 3.8) is 0 Å². The second-order valence-corrected chi connectivity index (χ2v) is 7.79. The van der Waals surface area contributed by atoms with Crippen LogP contribution < -0.4 is 14.8 Å². The van der Waals surface area contributed by atoms with Gasteiger partial charge in [-0.1, -0.05) is 30.3 Å². The quantitative estimate of drug-likeness (QED) is 0.524. The maximum Gasteiger partial charge on any atom is 0.242 e. The van der Waals surface area contributed by atoms with Crippen LogP contribution >= 0.6 is 0 Å². The first-order valence-corrected chi connectivity index (χ1v) is 10.8. The highest BCUT2D eigenvalue weighted by Crippen LogP contribution is 2.17. The minimum absolute atomic E-state index is 0.0268. The van der Waals surface area contributed by atoms with Gasteiger partial charge >= 0.3 is 0 Å². The largest absolute Gasteiger partial charge is 0.497 e. The van der Waals surface area contributed by atoms with Crippen LogP contribution in [0, 0.1) is 0 Å². The number of hydrogen-bond donors (Lipinski definition) is 1. The molecule has 1 atom stereocenters. The molecule has 31 heavy (non-hydrogen) atoms. The minimum atomic E-state index is -0.527. The van der Waals surface area contributed by atoms with Crippen LogP contribution in [0.25, 0.3) is 0 Å². The van der Waals surface area contributed by atoms with E-state index >= 15 is 0 Å². The first-order valence-electron chi connectivity index (χ1n) is 10.8. The molecule has 0 aliphatic rings. The van der Waals surface area contributed by atoms with Gasteiger partial charge in [0, 0.05) is 19.0 Å². The Kier molecular flexibility index (Phi) is 9.88. The van der Waals surface area contributed by atoms with Gasteiger partial charge in [0.1, 0.15) is 17.5 Å². The highest BCUT2D eigenvalue weighted by atomic mass is 16.5. The first-order chi connectivity index (χ1) is 14.9. The fraction of sp³-hybridized carbons (Fsp3) is 0.440. The Morgan fingerprint density at radius 1 is 0.968 bits per heavy atom. The van der Waals surface area contributed by atoms with Gasteiger partial charge in [0.15, 0.2) is 0 Å². The predicted octanol–water partition coefficient (Wildman–Crippen LogP) is 3.84. The van der Waals surface area contributed by atoms with E-state index < -0.39 is 6.04 Å². The molecule has 0 radical (unpaired) electrons. The molecule has 1 N–H and O–H groups in total. The van der Waals surface area contributed by atoms with E-state index in [4.69, 9.17) is 9.47 Å². The van der Waals surface area contributed by atoms with Crippen LogP contribution in [-0.4, -0.2) is 49.1 Å². The molecule has 2 aromatic carbocycles. The lowest BCUT2D eigenvalue weighted by atomic mass is 10.1. The third-order valence-electron chi connectivity index (χ3n) is 4.95. The monoisotopic (exact) mass is 426 g/mol. The molecule has 2 amide bonds. The van der Waals surface area contributed by atoms with E-state index in [1.807, 2.05) is 68.4 Å². The number of benzene rings is 2. The molecule has 0 bridgehead atoms. The molecule has 6 heteroatoms. The van der Waals surface area contributed by atoms with Crippen molar-refractivity contribution in [3.8, 4) is 11.5 Å². The van der Waals surface area contributed by atoms with Crippen molar-refractivity contribution in [1.82, 2.24) is 10.2 Å². The van der Waals surface area contributed by atoms with Gasteiger partial charge < -0.3 is 19.7 Å². The lowest BCUT2D eigenvalue weighted by Crippen LogP contribution is -2.50. The number of hydrogen-bond acceptors (Lipinski definition) is 4. The molecule has 0 aliphatic heterocycles. The van der Waals surface area contributed by atoms with Crippen molar-refractivity contribution in [2.24, 2.45) is 0 Å². The maximum absolute atomic E-state index is 13.0. The molecule has 2 rings (SSSR count). The summed E-state index contributed by atoms with van der Waals surface area (Å²) in [7, 11) is 1.62. The molecule has 0 unspecified atom stereocenters. The van der Waals surface area contributed by atoms with Gasteiger partial charge in [-0.2, -0.15) is 0 Å². The van der Waals surface area contributed by atoms with Crippen molar-refractivity contribution >= 4 is 11.8 Å². The Labute approximate surface area is 185 Å². The normalized spacial score (nSPS) is 11.6. The van der Waals surface area contributed by atoms with Crippen molar-refractivity contribution in [2.45, 2.75) is 52.1 Å². The van der Waals surface area contributed by atoms with Crippen LogP contribution in [0.3, 0.4) is 0 Å². The van der Waals surface area contributed by atoms with E-state index in [2.05, 4.69) is 5.32 Å². The fourth-order valence-corrected chi connectivity index (χ4v) is 3.20. The number of carbonyl (C=O) groups excluding carboxylic acids is 2. The van der Waals surface area contributed by atoms with Gasteiger partial charge in [0.05, 0.1) is 13.7 Å². The summed E-state index contributed by atoms with van der Waals surface area (Å²) in [6, 6.07) is 16.8. The molecule has 0 saturated carbocycles. The average Bonchev–Trinajstić information content (AvgIpc) is 2.77. The summed E-state index contributed by atoms with van der Waals surface area (Å²) in [4.78, 5) is 27.2. The van der Waals surface area contributed by atoms with Crippen molar-refractivity contribution in [3.05, 3.63) is 60.2 Å². The number of nitrogens with one attached hydrogen (secondary N) is 1. The molecule has 0 spiro atoms. The molecule has 0 saturated heterocycles. The summed E-state index contributed by atoms with van der Waals surface area (Å²) in [5, 5.41) is 2.91. The summed E-state index contributed by atoms with van der Waals surface area (Å²) in [6.07, 6.45) is 1.60. The molecular weight excluding hydrogens is 392 g/mol. The standard InChI is InChI=1S/C25H34N2O4/c1-19(2)26-25(29)20(3)27(17-16-21-9-6-5-7-10-21)24(28)11-8-18-31-23-14-12-22(30-4)13-15-23/h5-7,9-10,12-15,19-20H,8,11,16-18H2,1-4H3,(H,26,29)/t20-/m0/s1. The number of carbonyl (C=O) groups is 2. The van der Waals surface area contributed by atoms with Gasteiger partial charge in [-0.3, -0.25) is 9.59 Å². The first kappa shape index (κ1) is 24.3. The second-order valence-electron chi connectivity index (χ2n) is 7.79. The highest BCUT2D eigenvalue weighted by Gasteiger charge is 2.25. The van der Waals surface area contributed by atoms with Crippen molar-refractivity contribution in [1.29, 1.82) is 0 Å². The van der Waals surface area contributed by atoms with E-state index in [1.165, 1.54) is 0 Å². The Balaban J connectivity index is 1.91. The zero-order valence-corrected chi connectivity index (χ0v) is 19.0.